The Morgan fingerprint density at radius 1 is 1.18 bits per heavy atom. The van der Waals surface area contributed by atoms with Crippen LogP contribution in [0.5, 0.6) is 5.75 Å². The van der Waals surface area contributed by atoms with Crippen LogP contribution < -0.4 is 10.3 Å². The summed E-state index contributed by atoms with van der Waals surface area (Å²) >= 11 is 0. The summed E-state index contributed by atoms with van der Waals surface area (Å²) in [5.41, 5.74) is 0.702. The van der Waals surface area contributed by atoms with Crippen LogP contribution >= 0.6 is 0 Å². The van der Waals surface area contributed by atoms with Gasteiger partial charge in [-0.2, -0.15) is 5.10 Å². The van der Waals surface area contributed by atoms with Crippen molar-refractivity contribution in [2.24, 2.45) is 0 Å². The van der Waals surface area contributed by atoms with Crippen LogP contribution in [-0.4, -0.2) is 40.2 Å². The van der Waals surface area contributed by atoms with Crippen LogP contribution in [0.3, 0.4) is 0 Å². The summed E-state index contributed by atoms with van der Waals surface area (Å²) in [5, 5.41) is 14.8. The van der Waals surface area contributed by atoms with E-state index in [0.717, 1.165) is 10.9 Å². The molecular weight excluding hydrogens is 360 g/mol. The summed E-state index contributed by atoms with van der Waals surface area (Å²) in [7, 11) is 0. The van der Waals surface area contributed by atoms with E-state index in [0.29, 0.717) is 37.3 Å². The molecule has 0 amide bonds. The maximum Gasteiger partial charge on any atom is 0.333 e. The zero-order valence-electron chi connectivity index (χ0n) is 15.6. The van der Waals surface area contributed by atoms with Crippen LogP contribution in [0.25, 0.3) is 10.8 Å². The summed E-state index contributed by atoms with van der Waals surface area (Å²) in [6.45, 7) is 2.74. The summed E-state index contributed by atoms with van der Waals surface area (Å²) in [6.07, 6.45) is 1.10. The Bertz CT molecular complexity index is 998. The normalized spacial score (nSPS) is 12.0. The molecule has 0 saturated carbocycles. The summed E-state index contributed by atoms with van der Waals surface area (Å²) in [5.74, 6) is -0.337. The second-order valence-electron chi connectivity index (χ2n) is 6.24. The summed E-state index contributed by atoms with van der Waals surface area (Å²) in [6, 6.07) is 14.5. The third-order valence-electron chi connectivity index (χ3n) is 4.32. The average Bonchev–Trinajstić information content (AvgIpc) is 2.70. The quantitative estimate of drug-likeness (QED) is 0.612. The Morgan fingerprint density at radius 3 is 2.64 bits per heavy atom. The SMILES string of the molecule is CCO[C@@H](Cc1ccc(OCCn2ncc3ccccc3c2=O)cc1)C(=O)O. The number of hydrogen-bond donors (Lipinski definition) is 1. The number of carboxylic acids is 1. The standard InChI is InChI=1S/C21H22N2O5/c1-2-27-19(21(25)26)13-15-7-9-17(10-8-15)28-12-11-23-20(24)18-6-4-3-5-16(18)14-22-23/h3-10,14,19H,2,11-13H2,1H3,(H,25,26)/t19-/m0/s1. The number of carbonyl (C=O) groups is 1. The highest BCUT2D eigenvalue weighted by atomic mass is 16.5. The third-order valence-corrected chi connectivity index (χ3v) is 4.32. The van der Waals surface area contributed by atoms with Crippen molar-refractivity contribution in [3.8, 4) is 5.75 Å². The number of rotatable bonds is 9. The Labute approximate surface area is 162 Å². The molecule has 7 nitrogen and oxygen atoms in total. The van der Waals surface area contributed by atoms with Crippen molar-refractivity contribution in [1.82, 2.24) is 9.78 Å². The predicted octanol–water partition coefficient (Wildman–Crippen LogP) is 2.51. The average molecular weight is 382 g/mol. The molecule has 2 aromatic carbocycles. The van der Waals surface area contributed by atoms with Gasteiger partial charge in [-0.25, -0.2) is 9.48 Å². The van der Waals surface area contributed by atoms with E-state index in [1.54, 1.807) is 31.3 Å². The highest BCUT2D eigenvalue weighted by Crippen LogP contribution is 2.15. The Balaban J connectivity index is 1.57. The second kappa shape index (κ2) is 9.14. The first-order valence-corrected chi connectivity index (χ1v) is 9.09. The maximum absolute atomic E-state index is 12.4. The smallest absolute Gasteiger partial charge is 0.333 e. The van der Waals surface area contributed by atoms with Crippen LogP contribution in [-0.2, 0) is 22.5 Å². The molecule has 1 atom stereocenters. The zero-order valence-corrected chi connectivity index (χ0v) is 15.6. The molecule has 1 heterocycles. The fourth-order valence-electron chi connectivity index (χ4n) is 2.89. The highest BCUT2D eigenvalue weighted by Gasteiger charge is 2.17. The van der Waals surface area contributed by atoms with Gasteiger partial charge in [-0.1, -0.05) is 30.3 Å². The van der Waals surface area contributed by atoms with Crippen LogP contribution in [0.15, 0.2) is 59.5 Å². The van der Waals surface area contributed by atoms with Gasteiger partial charge < -0.3 is 14.6 Å². The topological polar surface area (TPSA) is 90.7 Å². The molecule has 0 unspecified atom stereocenters. The lowest BCUT2D eigenvalue weighted by atomic mass is 10.1. The van der Waals surface area contributed by atoms with E-state index in [1.165, 1.54) is 4.68 Å². The van der Waals surface area contributed by atoms with E-state index in [2.05, 4.69) is 5.10 Å². The minimum atomic E-state index is -0.976. The third kappa shape index (κ3) is 4.75. The van der Waals surface area contributed by atoms with Crippen LogP contribution in [0.2, 0.25) is 0 Å². The molecule has 0 fully saturated rings. The first-order valence-electron chi connectivity index (χ1n) is 9.09. The number of hydrogen-bond acceptors (Lipinski definition) is 5. The molecule has 0 saturated heterocycles. The van der Waals surface area contributed by atoms with Gasteiger partial charge in [0.1, 0.15) is 12.4 Å². The molecular formula is C21H22N2O5. The van der Waals surface area contributed by atoms with Crippen molar-refractivity contribution in [2.45, 2.75) is 26.0 Å². The van der Waals surface area contributed by atoms with Crippen molar-refractivity contribution in [1.29, 1.82) is 0 Å². The molecule has 0 radical (unpaired) electrons. The van der Waals surface area contributed by atoms with Crippen molar-refractivity contribution in [3.05, 3.63) is 70.6 Å². The molecule has 3 aromatic rings. The molecule has 7 heteroatoms. The fraction of sp³-hybridized carbons (Fsp3) is 0.286. The molecule has 1 aromatic heterocycles. The number of ether oxygens (including phenoxy) is 2. The van der Waals surface area contributed by atoms with Gasteiger partial charge in [0, 0.05) is 18.4 Å². The van der Waals surface area contributed by atoms with E-state index in [9.17, 15) is 9.59 Å². The first kappa shape index (κ1) is 19.6. The minimum absolute atomic E-state index is 0.146. The molecule has 0 aliphatic rings. The summed E-state index contributed by atoms with van der Waals surface area (Å²) in [4.78, 5) is 23.6. The van der Waals surface area contributed by atoms with Crippen LogP contribution in [0.4, 0.5) is 0 Å². The molecule has 28 heavy (non-hydrogen) atoms. The van der Waals surface area contributed by atoms with Crippen molar-refractivity contribution < 1.29 is 19.4 Å². The number of benzene rings is 2. The van der Waals surface area contributed by atoms with Crippen molar-refractivity contribution in [3.63, 3.8) is 0 Å². The second-order valence-corrected chi connectivity index (χ2v) is 6.24. The van der Waals surface area contributed by atoms with Gasteiger partial charge in [-0.3, -0.25) is 4.79 Å². The lowest BCUT2D eigenvalue weighted by Gasteiger charge is -2.13. The predicted molar refractivity (Wildman–Crippen MR) is 105 cm³/mol. The van der Waals surface area contributed by atoms with Crippen LogP contribution in [0, 0.1) is 0 Å². The molecule has 0 bridgehead atoms. The number of fused-ring (bicyclic) bond motifs is 1. The van der Waals surface area contributed by atoms with Gasteiger partial charge in [0.05, 0.1) is 18.1 Å². The van der Waals surface area contributed by atoms with Gasteiger partial charge >= 0.3 is 5.97 Å². The summed E-state index contributed by atoms with van der Waals surface area (Å²) < 4.78 is 12.3. The molecule has 0 spiro atoms. The van der Waals surface area contributed by atoms with E-state index in [1.807, 2.05) is 30.3 Å². The Kier molecular flexibility index (Phi) is 6.39. The van der Waals surface area contributed by atoms with Gasteiger partial charge in [-0.15, -0.1) is 0 Å². The molecule has 0 aliphatic heterocycles. The lowest BCUT2D eigenvalue weighted by molar-refractivity contribution is -0.149. The molecule has 1 N–H and O–H groups in total. The number of carboxylic acid groups (broad SMARTS) is 1. The minimum Gasteiger partial charge on any atom is -0.492 e. The number of aromatic nitrogens is 2. The molecule has 0 aliphatic carbocycles. The highest BCUT2D eigenvalue weighted by molar-refractivity contribution is 5.80. The lowest BCUT2D eigenvalue weighted by Crippen LogP contribution is -2.26. The number of nitrogens with zero attached hydrogens (tertiary/aromatic N) is 2. The molecule has 146 valence electrons. The van der Waals surface area contributed by atoms with Crippen LogP contribution in [0.1, 0.15) is 12.5 Å². The first-order chi connectivity index (χ1) is 13.6. The van der Waals surface area contributed by atoms with E-state index in [-0.39, 0.29) is 5.56 Å². The van der Waals surface area contributed by atoms with E-state index >= 15 is 0 Å². The molecule has 3 rings (SSSR count). The number of aliphatic carboxylic acids is 1. The zero-order chi connectivity index (χ0) is 19.9. The van der Waals surface area contributed by atoms with Crippen molar-refractivity contribution in [2.75, 3.05) is 13.2 Å². The Hall–Kier alpha value is -3.19. The van der Waals surface area contributed by atoms with E-state index in [4.69, 9.17) is 14.6 Å². The monoisotopic (exact) mass is 382 g/mol. The van der Waals surface area contributed by atoms with E-state index < -0.39 is 12.1 Å². The maximum atomic E-state index is 12.4. The van der Waals surface area contributed by atoms with Gasteiger partial charge in [0.25, 0.3) is 5.56 Å². The van der Waals surface area contributed by atoms with Gasteiger partial charge in [0.2, 0.25) is 0 Å². The van der Waals surface area contributed by atoms with Gasteiger partial charge in [0.15, 0.2) is 6.10 Å². The largest absolute Gasteiger partial charge is 0.492 e. The van der Waals surface area contributed by atoms with Crippen molar-refractivity contribution >= 4 is 16.7 Å². The van der Waals surface area contributed by atoms with Gasteiger partial charge in [-0.05, 0) is 30.7 Å². The fourth-order valence-corrected chi connectivity index (χ4v) is 2.89. The Morgan fingerprint density at radius 2 is 1.93 bits per heavy atom.